The standard InChI is InChI=1S/C19H20N2O5S/c1-20-18(23)12-5-4-6-13(9-12)21-17(22)11-26-19(24)15-8-7-14(27-3)10-16(15)25-2/h4-10H,11H2,1-3H3,(H,20,23)(H,21,22). The van der Waals surface area contributed by atoms with Crippen LogP contribution in [0, 0.1) is 0 Å². The van der Waals surface area contributed by atoms with Crippen LogP contribution in [-0.2, 0) is 9.53 Å². The molecule has 0 spiro atoms. The maximum Gasteiger partial charge on any atom is 0.342 e. The van der Waals surface area contributed by atoms with E-state index in [0.29, 0.717) is 17.0 Å². The van der Waals surface area contributed by atoms with E-state index in [9.17, 15) is 14.4 Å². The number of thioether (sulfide) groups is 1. The average Bonchev–Trinajstić information content (AvgIpc) is 2.70. The van der Waals surface area contributed by atoms with Gasteiger partial charge >= 0.3 is 5.97 Å². The molecule has 0 aliphatic carbocycles. The number of nitrogens with one attached hydrogen (secondary N) is 2. The fourth-order valence-corrected chi connectivity index (χ4v) is 2.68. The van der Waals surface area contributed by atoms with E-state index in [2.05, 4.69) is 10.6 Å². The molecular formula is C19H20N2O5S. The number of ether oxygens (including phenoxy) is 2. The van der Waals surface area contributed by atoms with Crippen LogP contribution in [-0.4, -0.2) is 44.8 Å². The Morgan fingerprint density at radius 1 is 1.11 bits per heavy atom. The van der Waals surface area contributed by atoms with Crippen LogP contribution in [0.15, 0.2) is 47.4 Å². The fraction of sp³-hybridized carbons (Fsp3) is 0.211. The minimum Gasteiger partial charge on any atom is -0.496 e. The summed E-state index contributed by atoms with van der Waals surface area (Å²) in [6.07, 6.45) is 1.91. The molecule has 0 aliphatic rings. The lowest BCUT2D eigenvalue weighted by Crippen LogP contribution is -2.22. The van der Waals surface area contributed by atoms with Gasteiger partial charge in [-0.25, -0.2) is 4.79 Å². The molecule has 0 aromatic heterocycles. The highest BCUT2D eigenvalue weighted by atomic mass is 32.2. The number of benzene rings is 2. The molecule has 0 fully saturated rings. The van der Waals surface area contributed by atoms with Crippen LogP contribution in [0.4, 0.5) is 5.69 Å². The smallest absolute Gasteiger partial charge is 0.342 e. The first-order valence-electron chi connectivity index (χ1n) is 7.99. The average molecular weight is 388 g/mol. The Hall–Kier alpha value is -3.00. The van der Waals surface area contributed by atoms with Crippen molar-refractivity contribution in [3.63, 3.8) is 0 Å². The van der Waals surface area contributed by atoms with Crippen LogP contribution in [0.2, 0.25) is 0 Å². The van der Waals surface area contributed by atoms with Gasteiger partial charge < -0.3 is 20.1 Å². The second-order valence-electron chi connectivity index (χ2n) is 5.35. The molecule has 2 amide bonds. The highest BCUT2D eigenvalue weighted by Gasteiger charge is 2.16. The molecule has 0 atom stereocenters. The molecule has 0 saturated heterocycles. The topological polar surface area (TPSA) is 93.7 Å². The highest BCUT2D eigenvalue weighted by Crippen LogP contribution is 2.25. The van der Waals surface area contributed by atoms with E-state index in [1.165, 1.54) is 32.0 Å². The number of methoxy groups -OCH3 is 1. The summed E-state index contributed by atoms with van der Waals surface area (Å²) in [4.78, 5) is 36.8. The van der Waals surface area contributed by atoms with Gasteiger partial charge in [0.1, 0.15) is 11.3 Å². The summed E-state index contributed by atoms with van der Waals surface area (Å²) < 4.78 is 10.3. The maximum absolute atomic E-state index is 12.2. The van der Waals surface area contributed by atoms with Crippen LogP contribution < -0.4 is 15.4 Å². The number of esters is 1. The Balaban J connectivity index is 1.98. The van der Waals surface area contributed by atoms with Gasteiger partial charge in [0.15, 0.2) is 6.61 Å². The van der Waals surface area contributed by atoms with Gasteiger partial charge in [0.05, 0.1) is 7.11 Å². The third kappa shape index (κ3) is 5.49. The Kier molecular flexibility index (Phi) is 7.25. The summed E-state index contributed by atoms with van der Waals surface area (Å²) in [6.45, 7) is -0.462. The number of hydrogen-bond acceptors (Lipinski definition) is 6. The first kappa shape index (κ1) is 20.3. The first-order valence-corrected chi connectivity index (χ1v) is 9.22. The number of amides is 2. The van der Waals surface area contributed by atoms with Crippen LogP contribution >= 0.6 is 11.8 Å². The van der Waals surface area contributed by atoms with E-state index in [1.807, 2.05) is 6.26 Å². The Bertz CT molecular complexity index is 854. The van der Waals surface area contributed by atoms with E-state index in [4.69, 9.17) is 9.47 Å². The number of anilines is 1. The van der Waals surface area contributed by atoms with E-state index in [0.717, 1.165) is 4.90 Å². The minimum atomic E-state index is -0.659. The Morgan fingerprint density at radius 2 is 1.89 bits per heavy atom. The number of carbonyl (C=O) groups is 3. The lowest BCUT2D eigenvalue weighted by molar-refractivity contribution is -0.119. The van der Waals surface area contributed by atoms with E-state index >= 15 is 0 Å². The summed E-state index contributed by atoms with van der Waals surface area (Å²) >= 11 is 1.52. The largest absolute Gasteiger partial charge is 0.496 e. The van der Waals surface area contributed by atoms with Crippen molar-refractivity contribution in [2.45, 2.75) is 4.90 Å². The lowest BCUT2D eigenvalue weighted by Gasteiger charge is -2.10. The molecule has 0 heterocycles. The predicted octanol–water partition coefficient (Wildman–Crippen LogP) is 2.57. The van der Waals surface area contributed by atoms with Crippen LogP contribution in [0.3, 0.4) is 0 Å². The Labute approximate surface area is 161 Å². The number of rotatable bonds is 7. The van der Waals surface area contributed by atoms with Crippen LogP contribution in [0.1, 0.15) is 20.7 Å². The zero-order valence-electron chi connectivity index (χ0n) is 15.2. The minimum absolute atomic E-state index is 0.240. The van der Waals surface area contributed by atoms with Crippen molar-refractivity contribution in [1.29, 1.82) is 0 Å². The predicted molar refractivity (Wildman–Crippen MR) is 104 cm³/mol. The highest BCUT2D eigenvalue weighted by molar-refractivity contribution is 7.98. The van der Waals surface area contributed by atoms with Gasteiger partial charge in [-0.3, -0.25) is 9.59 Å². The van der Waals surface area contributed by atoms with E-state index in [1.54, 1.807) is 36.4 Å². The van der Waals surface area contributed by atoms with Crippen LogP contribution in [0.5, 0.6) is 5.75 Å². The van der Waals surface area contributed by atoms with E-state index < -0.39 is 18.5 Å². The van der Waals surface area contributed by atoms with Crippen molar-refractivity contribution >= 4 is 35.2 Å². The van der Waals surface area contributed by atoms with Gasteiger partial charge in [-0.2, -0.15) is 0 Å². The zero-order valence-corrected chi connectivity index (χ0v) is 16.0. The van der Waals surface area contributed by atoms with Gasteiger partial charge in [0, 0.05) is 23.2 Å². The molecule has 0 aliphatic heterocycles. The van der Waals surface area contributed by atoms with Gasteiger partial charge in [0.2, 0.25) is 0 Å². The molecule has 2 rings (SSSR count). The number of carbonyl (C=O) groups excluding carboxylic acids is 3. The molecule has 0 unspecified atom stereocenters. The summed E-state index contributed by atoms with van der Waals surface area (Å²) in [7, 11) is 2.98. The normalized spacial score (nSPS) is 10.0. The molecular weight excluding hydrogens is 368 g/mol. The molecule has 142 valence electrons. The molecule has 2 aromatic carbocycles. The van der Waals surface area contributed by atoms with Crippen molar-refractivity contribution in [2.75, 3.05) is 32.3 Å². The summed E-state index contributed by atoms with van der Waals surface area (Å²) in [5.41, 5.74) is 1.08. The van der Waals surface area contributed by atoms with Gasteiger partial charge in [0.25, 0.3) is 11.8 Å². The van der Waals surface area contributed by atoms with Crippen molar-refractivity contribution in [1.82, 2.24) is 5.32 Å². The third-order valence-electron chi connectivity index (χ3n) is 3.60. The second-order valence-corrected chi connectivity index (χ2v) is 6.23. The van der Waals surface area contributed by atoms with Crippen molar-refractivity contribution in [3.8, 4) is 5.75 Å². The molecule has 8 heteroatoms. The molecule has 0 radical (unpaired) electrons. The quantitative estimate of drug-likeness (QED) is 0.559. The second kappa shape index (κ2) is 9.63. The molecule has 0 bridgehead atoms. The Morgan fingerprint density at radius 3 is 2.56 bits per heavy atom. The molecule has 0 saturated carbocycles. The zero-order chi connectivity index (χ0) is 19.8. The van der Waals surface area contributed by atoms with Crippen LogP contribution in [0.25, 0.3) is 0 Å². The first-order chi connectivity index (χ1) is 13.0. The maximum atomic E-state index is 12.2. The van der Waals surface area contributed by atoms with Gasteiger partial charge in [-0.15, -0.1) is 11.8 Å². The summed E-state index contributed by atoms with van der Waals surface area (Å²) in [6, 6.07) is 11.5. The van der Waals surface area contributed by atoms with E-state index in [-0.39, 0.29) is 11.5 Å². The van der Waals surface area contributed by atoms with Crippen molar-refractivity contribution < 1.29 is 23.9 Å². The van der Waals surface area contributed by atoms with Gasteiger partial charge in [-0.1, -0.05) is 6.07 Å². The SMILES string of the molecule is CNC(=O)c1cccc(NC(=O)COC(=O)c2ccc(SC)cc2OC)c1. The van der Waals surface area contributed by atoms with Crippen molar-refractivity contribution in [3.05, 3.63) is 53.6 Å². The molecule has 2 N–H and O–H groups in total. The molecule has 7 nitrogen and oxygen atoms in total. The third-order valence-corrected chi connectivity index (χ3v) is 4.32. The summed E-state index contributed by atoms with van der Waals surface area (Å²) in [5, 5.41) is 5.09. The monoisotopic (exact) mass is 388 g/mol. The fourth-order valence-electron chi connectivity index (χ4n) is 2.26. The molecule has 27 heavy (non-hydrogen) atoms. The lowest BCUT2D eigenvalue weighted by atomic mass is 10.2. The molecule has 2 aromatic rings. The van der Waals surface area contributed by atoms with Crippen molar-refractivity contribution in [2.24, 2.45) is 0 Å². The number of hydrogen-bond donors (Lipinski definition) is 2. The summed E-state index contributed by atoms with van der Waals surface area (Å²) in [5.74, 6) is -1.06. The van der Waals surface area contributed by atoms with Gasteiger partial charge in [-0.05, 0) is 42.7 Å².